The number of methoxy groups -OCH3 is 1. The van der Waals surface area contributed by atoms with Crippen molar-refractivity contribution in [2.24, 2.45) is 0 Å². The van der Waals surface area contributed by atoms with E-state index in [1.54, 1.807) is 13.2 Å². The minimum absolute atomic E-state index is 0.594. The number of hydrogen-bond donors (Lipinski definition) is 0. The van der Waals surface area contributed by atoms with Crippen molar-refractivity contribution in [2.75, 3.05) is 7.11 Å². The lowest BCUT2D eigenvalue weighted by Gasteiger charge is -1.99. The van der Waals surface area contributed by atoms with E-state index in [4.69, 9.17) is 9.15 Å². The summed E-state index contributed by atoms with van der Waals surface area (Å²) < 4.78 is 10.7. The van der Waals surface area contributed by atoms with Crippen molar-refractivity contribution in [3.63, 3.8) is 0 Å². The zero-order valence-electron chi connectivity index (χ0n) is 9.44. The molecule has 0 saturated heterocycles. The van der Waals surface area contributed by atoms with Gasteiger partial charge in [0.1, 0.15) is 17.2 Å². The quantitative estimate of drug-likeness (QED) is 0.802. The summed E-state index contributed by atoms with van der Waals surface area (Å²) in [7, 11) is 1.64. The number of alkyl halides is 1. The van der Waals surface area contributed by atoms with Gasteiger partial charge in [-0.15, -0.1) is 0 Å². The summed E-state index contributed by atoms with van der Waals surface area (Å²) in [6.07, 6.45) is 1.69. The molecule has 0 spiro atoms. The van der Waals surface area contributed by atoms with Gasteiger partial charge in [-0.3, -0.25) is 0 Å². The van der Waals surface area contributed by atoms with Crippen LogP contribution in [0.4, 0.5) is 0 Å². The van der Waals surface area contributed by atoms with Gasteiger partial charge >= 0.3 is 0 Å². The summed E-state index contributed by atoms with van der Waals surface area (Å²) in [5, 5.41) is 0.623. The molecule has 0 bridgehead atoms. The van der Waals surface area contributed by atoms with Crippen molar-refractivity contribution in [3.05, 3.63) is 42.3 Å². The first-order valence-corrected chi connectivity index (χ1v) is 6.23. The van der Waals surface area contributed by atoms with E-state index in [-0.39, 0.29) is 0 Å². The number of halogens is 1. The van der Waals surface area contributed by atoms with Crippen LogP contribution in [-0.4, -0.2) is 12.1 Å². The van der Waals surface area contributed by atoms with Crippen LogP contribution < -0.4 is 4.74 Å². The van der Waals surface area contributed by atoms with Crippen molar-refractivity contribution in [3.8, 4) is 17.2 Å². The van der Waals surface area contributed by atoms with E-state index >= 15 is 0 Å². The maximum Gasteiger partial charge on any atom is 0.226 e. The second kappa shape index (κ2) is 5.19. The molecule has 17 heavy (non-hydrogen) atoms. The molecular formula is C13H12BrNO2. The summed E-state index contributed by atoms with van der Waals surface area (Å²) in [6.45, 7) is 3.71. The zero-order chi connectivity index (χ0) is 12.3. The Bertz CT molecular complexity index is 517. The maximum absolute atomic E-state index is 5.64. The summed E-state index contributed by atoms with van der Waals surface area (Å²) in [4.78, 5) is 4.37. The fourth-order valence-electron chi connectivity index (χ4n) is 1.48. The predicted molar refractivity (Wildman–Crippen MR) is 71.2 cm³/mol. The molecule has 2 aromatic rings. The molecule has 0 atom stereocenters. The second-order valence-corrected chi connectivity index (χ2v) is 3.95. The van der Waals surface area contributed by atoms with E-state index in [1.807, 2.05) is 24.3 Å². The molecule has 0 saturated carbocycles. The van der Waals surface area contributed by atoms with Crippen LogP contribution in [0.15, 0.2) is 35.3 Å². The Kier molecular flexibility index (Phi) is 3.64. The molecular weight excluding hydrogens is 282 g/mol. The summed E-state index contributed by atoms with van der Waals surface area (Å²) in [5.41, 5.74) is 1.69. The van der Waals surface area contributed by atoms with E-state index in [0.717, 1.165) is 22.8 Å². The average Bonchev–Trinajstić information content (AvgIpc) is 2.82. The fourth-order valence-corrected chi connectivity index (χ4v) is 1.88. The minimum atomic E-state index is 0.594. The molecule has 1 heterocycles. The Morgan fingerprint density at radius 1 is 1.41 bits per heavy atom. The van der Waals surface area contributed by atoms with Gasteiger partial charge in [-0.1, -0.05) is 22.5 Å². The third kappa shape index (κ3) is 2.42. The monoisotopic (exact) mass is 293 g/mol. The largest absolute Gasteiger partial charge is 0.497 e. The fraction of sp³-hybridized carbons (Fsp3) is 0.154. The molecule has 2 rings (SSSR count). The molecule has 0 aliphatic carbocycles. The van der Waals surface area contributed by atoms with Gasteiger partial charge in [-0.2, -0.15) is 0 Å². The molecule has 1 aromatic heterocycles. The van der Waals surface area contributed by atoms with Gasteiger partial charge in [-0.25, -0.2) is 4.98 Å². The van der Waals surface area contributed by atoms with Gasteiger partial charge in [0.25, 0.3) is 0 Å². The van der Waals surface area contributed by atoms with Crippen LogP contribution >= 0.6 is 15.9 Å². The highest BCUT2D eigenvalue weighted by molar-refractivity contribution is 9.08. The molecule has 0 amide bonds. The first-order valence-electron chi connectivity index (χ1n) is 5.11. The van der Waals surface area contributed by atoms with Gasteiger partial charge in [0.05, 0.1) is 12.4 Å². The first-order chi connectivity index (χ1) is 8.28. The lowest BCUT2D eigenvalue weighted by atomic mass is 10.2. The van der Waals surface area contributed by atoms with E-state index < -0.39 is 0 Å². The average molecular weight is 294 g/mol. The molecule has 3 nitrogen and oxygen atoms in total. The molecule has 1 aromatic carbocycles. The van der Waals surface area contributed by atoms with Gasteiger partial charge < -0.3 is 9.15 Å². The highest BCUT2D eigenvalue weighted by Crippen LogP contribution is 2.25. The minimum Gasteiger partial charge on any atom is -0.497 e. The van der Waals surface area contributed by atoms with Gasteiger partial charge in [-0.05, 0) is 30.3 Å². The topological polar surface area (TPSA) is 35.3 Å². The highest BCUT2D eigenvalue weighted by atomic mass is 79.9. The SMILES string of the molecule is C=Cc1nc(-c2ccc(OC)cc2)oc1CBr. The Morgan fingerprint density at radius 3 is 2.59 bits per heavy atom. The van der Waals surface area contributed by atoms with Crippen LogP contribution in [0.1, 0.15) is 11.5 Å². The summed E-state index contributed by atoms with van der Waals surface area (Å²) >= 11 is 3.36. The molecule has 4 heteroatoms. The van der Waals surface area contributed by atoms with Crippen LogP contribution in [0.3, 0.4) is 0 Å². The Morgan fingerprint density at radius 2 is 2.12 bits per heavy atom. The third-order valence-corrected chi connectivity index (χ3v) is 2.89. The molecule has 0 N–H and O–H groups in total. The van der Waals surface area contributed by atoms with Crippen molar-refractivity contribution in [1.82, 2.24) is 4.98 Å². The smallest absolute Gasteiger partial charge is 0.226 e. The maximum atomic E-state index is 5.64. The number of oxazole rings is 1. The van der Waals surface area contributed by atoms with Crippen molar-refractivity contribution in [1.29, 1.82) is 0 Å². The standard InChI is InChI=1S/C13H12BrNO2/c1-3-11-12(8-14)17-13(15-11)9-4-6-10(16-2)7-5-9/h3-7H,1,8H2,2H3. The zero-order valence-corrected chi connectivity index (χ0v) is 11.0. The Balaban J connectivity index is 2.38. The van der Waals surface area contributed by atoms with Gasteiger partial charge in [0.2, 0.25) is 5.89 Å². The number of ether oxygens (including phenoxy) is 1. The lowest BCUT2D eigenvalue weighted by molar-refractivity contribution is 0.415. The van der Waals surface area contributed by atoms with Gasteiger partial charge in [0, 0.05) is 5.56 Å². The number of nitrogens with zero attached hydrogens (tertiary/aromatic N) is 1. The molecule has 0 aliphatic rings. The van der Waals surface area contributed by atoms with Crippen LogP contribution in [0.25, 0.3) is 17.5 Å². The molecule has 88 valence electrons. The molecule has 0 unspecified atom stereocenters. The lowest BCUT2D eigenvalue weighted by Crippen LogP contribution is -1.82. The second-order valence-electron chi connectivity index (χ2n) is 3.39. The number of rotatable bonds is 4. The summed E-state index contributed by atoms with van der Waals surface area (Å²) in [6, 6.07) is 7.58. The molecule has 0 aliphatic heterocycles. The van der Waals surface area contributed by atoms with Crippen LogP contribution in [0.5, 0.6) is 5.75 Å². The highest BCUT2D eigenvalue weighted by Gasteiger charge is 2.11. The van der Waals surface area contributed by atoms with Crippen molar-refractivity contribution >= 4 is 22.0 Å². The predicted octanol–water partition coefficient (Wildman–Crippen LogP) is 3.89. The van der Waals surface area contributed by atoms with Crippen LogP contribution in [-0.2, 0) is 5.33 Å². The molecule has 0 radical (unpaired) electrons. The Hall–Kier alpha value is -1.55. The van der Waals surface area contributed by atoms with Gasteiger partial charge in [0.15, 0.2) is 0 Å². The molecule has 0 fully saturated rings. The number of benzene rings is 1. The van der Waals surface area contributed by atoms with Crippen molar-refractivity contribution in [2.45, 2.75) is 5.33 Å². The van der Waals surface area contributed by atoms with E-state index in [2.05, 4.69) is 27.5 Å². The Labute approximate surface area is 108 Å². The van der Waals surface area contributed by atoms with Crippen molar-refractivity contribution < 1.29 is 9.15 Å². The van der Waals surface area contributed by atoms with Crippen LogP contribution in [0, 0.1) is 0 Å². The van der Waals surface area contributed by atoms with Crippen LogP contribution in [0.2, 0.25) is 0 Å². The normalized spacial score (nSPS) is 10.2. The summed E-state index contributed by atoms with van der Waals surface area (Å²) in [5.74, 6) is 2.19. The third-order valence-electron chi connectivity index (χ3n) is 2.38. The van der Waals surface area contributed by atoms with E-state index in [9.17, 15) is 0 Å². The number of aromatic nitrogens is 1. The number of hydrogen-bond acceptors (Lipinski definition) is 3. The first kappa shape index (κ1) is 11.9. The van der Waals surface area contributed by atoms with E-state index in [0.29, 0.717) is 11.2 Å². The van der Waals surface area contributed by atoms with E-state index in [1.165, 1.54) is 0 Å².